The number of hydrogen-bond donors (Lipinski definition) is 2. The van der Waals surface area contributed by atoms with E-state index in [1.54, 1.807) is 37.3 Å². The van der Waals surface area contributed by atoms with Crippen LogP contribution in [0.5, 0.6) is 0 Å². The average molecular weight is 246 g/mol. The van der Waals surface area contributed by atoms with Crippen LogP contribution in [-0.4, -0.2) is 22.2 Å². The monoisotopic (exact) mass is 246 g/mol. The molecule has 2 N–H and O–H groups in total. The van der Waals surface area contributed by atoms with Crippen LogP contribution in [0.15, 0.2) is 30.3 Å². The Balaban J connectivity index is 0. The largest absolute Gasteiger partial charge is 1.00 e. The van der Waals surface area contributed by atoms with Crippen LogP contribution < -0.4 is 29.6 Å². The van der Waals surface area contributed by atoms with E-state index in [0.717, 1.165) is 0 Å². The minimum atomic E-state index is -1.72. The van der Waals surface area contributed by atoms with E-state index in [1.165, 1.54) is 0 Å². The molecule has 4 nitrogen and oxygen atoms in total. The van der Waals surface area contributed by atoms with E-state index in [-0.39, 0.29) is 43.8 Å². The molecule has 0 aromatic heterocycles. The summed E-state index contributed by atoms with van der Waals surface area (Å²) in [5, 5.41) is 18.1. The van der Waals surface area contributed by atoms with Crippen LogP contribution in [0, 0.1) is 5.41 Å². The number of carbonyl (C=O) groups is 2. The zero-order valence-electron chi connectivity index (χ0n) is 11.0. The Hall–Kier alpha value is -0.840. The summed E-state index contributed by atoms with van der Waals surface area (Å²) in [6, 6.07) is 8.80. The molecule has 0 amide bonds. The zero-order valence-corrected chi connectivity index (χ0v) is 12.0. The molecule has 0 saturated carbocycles. The number of rotatable bonds is 5. The first-order valence-corrected chi connectivity index (χ1v) is 5.03. The zero-order chi connectivity index (χ0) is 12.2. The molecule has 0 bridgehead atoms. The third-order valence-corrected chi connectivity index (χ3v) is 2.77. The fourth-order valence-electron chi connectivity index (χ4n) is 1.61. The van der Waals surface area contributed by atoms with Crippen LogP contribution >= 0.6 is 0 Å². The van der Waals surface area contributed by atoms with Crippen molar-refractivity contribution in [2.24, 2.45) is 5.41 Å². The maximum atomic E-state index is 11.1. The standard InChI is InChI=1S/C12H14O4.Na.H/c1-2-12(10(13)14,11(15)16)8-9-6-4-3-5-7-9;;/h3-7H,2,8H2,1H3,(H,13,14)(H,15,16);;/q;+1;-1. The predicted octanol–water partition coefficient (Wildman–Crippen LogP) is -1.09. The molecular weight excluding hydrogens is 231 g/mol. The first kappa shape index (κ1) is 16.2. The predicted molar refractivity (Wildman–Crippen MR) is 59.3 cm³/mol. The summed E-state index contributed by atoms with van der Waals surface area (Å²) in [6.45, 7) is 1.57. The number of hydrogen-bond acceptors (Lipinski definition) is 2. The third kappa shape index (κ3) is 3.56. The summed E-state index contributed by atoms with van der Waals surface area (Å²) in [7, 11) is 0. The van der Waals surface area contributed by atoms with Crippen LogP contribution in [0.1, 0.15) is 20.3 Å². The molecule has 0 aliphatic heterocycles. The second-order valence-corrected chi connectivity index (χ2v) is 3.71. The van der Waals surface area contributed by atoms with Crippen molar-refractivity contribution in [2.45, 2.75) is 19.8 Å². The molecule has 1 aromatic rings. The van der Waals surface area contributed by atoms with Gasteiger partial charge in [-0.1, -0.05) is 37.3 Å². The Labute approximate surface area is 123 Å². The van der Waals surface area contributed by atoms with E-state index in [0.29, 0.717) is 5.56 Å². The van der Waals surface area contributed by atoms with Gasteiger partial charge in [-0.2, -0.15) is 0 Å². The van der Waals surface area contributed by atoms with Crippen LogP contribution in [0.2, 0.25) is 0 Å². The molecule has 0 saturated heterocycles. The first-order valence-electron chi connectivity index (χ1n) is 5.03. The van der Waals surface area contributed by atoms with Gasteiger partial charge < -0.3 is 11.6 Å². The van der Waals surface area contributed by atoms with Crippen molar-refractivity contribution in [3.63, 3.8) is 0 Å². The van der Waals surface area contributed by atoms with Gasteiger partial charge in [0.1, 0.15) is 0 Å². The van der Waals surface area contributed by atoms with Crippen molar-refractivity contribution in [1.29, 1.82) is 0 Å². The van der Waals surface area contributed by atoms with Gasteiger partial charge >= 0.3 is 41.5 Å². The van der Waals surface area contributed by atoms with E-state index < -0.39 is 17.4 Å². The molecule has 1 rings (SSSR count). The molecule has 5 heteroatoms. The third-order valence-electron chi connectivity index (χ3n) is 2.77. The number of carboxylic acids is 2. The molecule has 0 heterocycles. The molecule has 0 radical (unpaired) electrons. The molecule has 0 aliphatic rings. The van der Waals surface area contributed by atoms with Gasteiger partial charge in [0.05, 0.1) is 0 Å². The molecule has 0 fully saturated rings. The molecule has 0 unspecified atom stereocenters. The Bertz CT molecular complexity index is 380. The minimum absolute atomic E-state index is 0. The van der Waals surface area contributed by atoms with Gasteiger partial charge in [-0.05, 0) is 18.4 Å². The van der Waals surface area contributed by atoms with E-state index in [2.05, 4.69) is 0 Å². The summed E-state index contributed by atoms with van der Waals surface area (Å²) in [5.41, 5.74) is -1.00. The molecule has 17 heavy (non-hydrogen) atoms. The van der Waals surface area contributed by atoms with Crippen LogP contribution in [0.3, 0.4) is 0 Å². The van der Waals surface area contributed by atoms with Crippen molar-refractivity contribution < 1.29 is 50.8 Å². The SMILES string of the molecule is CCC(Cc1ccccc1)(C(=O)O)C(=O)O.[H-].[Na+]. The summed E-state index contributed by atoms with van der Waals surface area (Å²) in [6.07, 6.45) is 0.0710. The Morgan fingerprint density at radius 2 is 1.65 bits per heavy atom. The van der Waals surface area contributed by atoms with Gasteiger partial charge in [0.25, 0.3) is 0 Å². The molecular formula is C12H15NaO4. The minimum Gasteiger partial charge on any atom is -1.00 e. The topological polar surface area (TPSA) is 74.6 Å². The molecule has 1 aromatic carbocycles. The fraction of sp³-hybridized carbons (Fsp3) is 0.333. The van der Waals surface area contributed by atoms with Crippen molar-refractivity contribution in [3.05, 3.63) is 35.9 Å². The van der Waals surface area contributed by atoms with Crippen LogP contribution in [-0.2, 0) is 16.0 Å². The van der Waals surface area contributed by atoms with Crippen molar-refractivity contribution in [2.75, 3.05) is 0 Å². The molecule has 0 spiro atoms. The van der Waals surface area contributed by atoms with E-state index in [4.69, 9.17) is 10.2 Å². The van der Waals surface area contributed by atoms with Gasteiger partial charge in [0, 0.05) is 0 Å². The molecule has 0 aliphatic carbocycles. The van der Waals surface area contributed by atoms with Crippen molar-refractivity contribution in [3.8, 4) is 0 Å². The quantitative estimate of drug-likeness (QED) is 0.511. The Morgan fingerprint density at radius 1 is 1.18 bits per heavy atom. The average Bonchev–Trinajstić information content (AvgIpc) is 2.26. The van der Waals surface area contributed by atoms with Crippen LogP contribution in [0.4, 0.5) is 0 Å². The summed E-state index contributed by atoms with van der Waals surface area (Å²) >= 11 is 0. The van der Waals surface area contributed by atoms with E-state index in [9.17, 15) is 9.59 Å². The van der Waals surface area contributed by atoms with Crippen molar-refractivity contribution >= 4 is 11.9 Å². The summed E-state index contributed by atoms with van der Waals surface area (Å²) in [5.74, 6) is -2.57. The van der Waals surface area contributed by atoms with Gasteiger partial charge in [-0.25, -0.2) is 0 Å². The van der Waals surface area contributed by atoms with Gasteiger partial charge in [0.2, 0.25) is 0 Å². The second kappa shape index (κ2) is 6.79. The van der Waals surface area contributed by atoms with E-state index >= 15 is 0 Å². The molecule has 0 atom stereocenters. The summed E-state index contributed by atoms with van der Waals surface area (Å²) in [4.78, 5) is 22.2. The van der Waals surface area contributed by atoms with Gasteiger partial charge in [0.15, 0.2) is 5.41 Å². The van der Waals surface area contributed by atoms with Crippen molar-refractivity contribution in [1.82, 2.24) is 0 Å². The van der Waals surface area contributed by atoms with Gasteiger partial charge in [-0.3, -0.25) is 9.59 Å². The second-order valence-electron chi connectivity index (χ2n) is 3.71. The first-order chi connectivity index (χ1) is 7.53. The normalized spacial score (nSPS) is 10.4. The smallest absolute Gasteiger partial charge is 1.00 e. The maximum Gasteiger partial charge on any atom is 1.00 e. The Kier molecular flexibility index (Phi) is 6.45. The maximum absolute atomic E-state index is 11.1. The van der Waals surface area contributed by atoms with Crippen LogP contribution in [0.25, 0.3) is 0 Å². The number of benzene rings is 1. The number of aliphatic carboxylic acids is 2. The fourth-order valence-corrected chi connectivity index (χ4v) is 1.61. The molecule has 88 valence electrons. The summed E-state index contributed by atoms with van der Waals surface area (Å²) < 4.78 is 0. The number of carboxylic acid groups (broad SMARTS) is 2. The van der Waals surface area contributed by atoms with E-state index in [1.807, 2.05) is 0 Å². The Morgan fingerprint density at radius 3 is 2.00 bits per heavy atom. The van der Waals surface area contributed by atoms with Gasteiger partial charge in [-0.15, -0.1) is 0 Å².